The molecule has 2 heteroatoms. The van der Waals surface area contributed by atoms with Gasteiger partial charge in [0.1, 0.15) is 0 Å². The molecule has 0 aromatic rings. The topological polar surface area (TPSA) is 15.3 Å². The summed E-state index contributed by atoms with van der Waals surface area (Å²) in [5.74, 6) is 2.52. The van der Waals surface area contributed by atoms with Crippen molar-refractivity contribution in [2.75, 3.05) is 26.7 Å². The molecular formula is C19H40N2. The summed E-state index contributed by atoms with van der Waals surface area (Å²) >= 11 is 0. The van der Waals surface area contributed by atoms with E-state index in [0.29, 0.717) is 5.41 Å². The Bertz CT molecular complexity index is 280. The van der Waals surface area contributed by atoms with Crippen LogP contribution in [0.5, 0.6) is 0 Å². The average Bonchev–Trinajstić information content (AvgIpc) is 2.37. The fourth-order valence-corrected chi connectivity index (χ4v) is 3.75. The van der Waals surface area contributed by atoms with Crippen molar-refractivity contribution < 1.29 is 0 Å². The van der Waals surface area contributed by atoms with E-state index in [4.69, 9.17) is 0 Å². The Hall–Kier alpha value is -0.0800. The molecule has 1 rings (SSSR count). The number of nitrogens with zero attached hydrogens (tertiary/aromatic N) is 1. The van der Waals surface area contributed by atoms with Gasteiger partial charge >= 0.3 is 0 Å². The van der Waals surface area contributed by atoms with Crippen LogP contribution >= 0.6 is 0 Å². The fourth-order valence-electron chi connectivity index (χ4n) is 3.75. The molecular weight excluding hydrogens is 256 g/mol. The standard InChI is InChI=1S/C19H40N2/c1-8-20-18-10-9-17(19(4,5)6)13-16(18)14-21(7)12-11-15(2)3/h15-18,20H,8-14H2,1-7H3. The number of rotatable bonds is 7. The van der Waals surface area contributed by atoms with Crippen molar-refractivity contribution >= 4 is 0 Å². The molecule has 0 saturated heterocycles. The smallest absolute Gasteiger partial charge is 0.0108 e. The number of nitrogens with one attached hydrogen (secondary N) is 1. The van der Waals surface area contributed by atoms with Crippen molar-refractivity contribution in [3.63, 3.8) is 0 Å². The summed E-state index contributed by atoms with van der Waals surface area (Å²) in [5, 5.41) is 3.75. The quantitative estimate of drug-likeness (QED) is 0.749. The van der Waals surface area contributed by atoms with Gasteiger partial charge < -0.3 is 10.2 Å². The maximum atomic E-state index is 3.75. The summed E-state index contributed by atoms with van der Waals surface area (Å²) in [5.41, 5.74) is 0.464. The highest BCUT2D eigenvalue weighted by Crippen LogP contribution is 2.40. The zero-order valence-electron chi connectivity index (χ0n) is 15.7. The number of hydrogen-bond acceptors (Lipinski definition) is 2. The summed E-state index contributed by atoms with van der Waals surface area (Å²) in [6.45, 7) is 17.8. The van der Waals surface area contributed by atoms with E-state index in [1.54, 1.807) is 0 Å². The average molecular weight is 297 g/mol. The Morgan fingerprint density at radius 3 is 2.38 bits per heavy atom. The van der Waals surface area contributed by atoms with Crippen LogP contribution in [0.15, 0.2) is 0 Å². The third-order valence-corrected chi connectivity index (χ3v) is 5.31. The lowest BCUT2D eigenvalue weighted by molar-refractivity contribution is 0.0930. The third-order valence-electron chi connectivity index (χ3n) is 5.31. The molecule has 0 spiro atoms. The van der Waals surface area contributed by atoms with Crippen molar-refractivity contribution in [2.45, 2.75) is 73.3 Å². The molecule has 0 amide bonds. The van der Waals surface area contributed by atoms with Gasteiger partial charge in [0.25, 0.3) is 0 Å². The van der Waals surface area contributed by atoms with Gasteiger partial charge in [0.05, 0.1) is 0 Å². The summed E-state index contributed by atoms with van der Waals surface area (Å²) in [4.78, 5) is 2.57. The minimum atomic E-state index is 0.464. The van der Waals surface area contributed by atoms with Gasteiger partial charge in [-0.1, -0.05) is 41.5 Å². The molecule has 0 aromatic carbocycles. The lowest BCUT2D eigenvalue weighted by Gasteiger charge is -2.43. The van der Waals surface area contributed by atoms with E-state index in [1.165, 1.54) is 38.8 Å². The van der Waals surface area contributed by atoms with Crippen molar-refractivity contribution in [1.29, 1.82) is 0 Å². The van der Waals surface area contributed by atoms with Crippen LogP contribution in [0.1, 0.15) is 67.2 Å². The van der Waals surface area contributed by atoms with E-state index >= 15 is 0 Å². The highest BCUT2D eigenvalue weighted by atomic mass is 15.1. The van der Waals surface area contributed by atoms with Gasteiger partial charge in [-0.3, -0.25) is 0 Å². The van der Waals surface area contributed by atoms with E-state index in [2.05, 4.69) is 58.8 Å². The summed E-state index contributed by atoms with van der Waals surface area (Å²) in [6, 6.07) is 0.732. The van der Waals surface area contributed by atoms with Gasteiger partial charge in [-0.15, -0.1) is 0 Å². The first-order valence-electron chi connectivity index (χ1n) is 9.16. The van der Waals surface area contributed by atoms with Crippen LogP contribution in [-0.2, 0) is 0 Å². The highest BCUT2D eigenvalue weighted by molar-refractivity contribution is 4.90. The van der Waals surface area contributed by atoms with Crippen LogP contribution in [0.4, 0.5) is 0 Å². The van der Waals surface area contributed by atoms with Crippen molar-refractivity contribution in [3.05, 3.63) is 0 Å². The second kappa shape index (κ2) is 8.53. The molecule has 21 heavy (non-hydrogen) atoms. The van der Waals surface area contributed by atoms with Gasteiger partial charge in [0.2, 0.25) is 0 Å². The van der Waals surface area contributed by atoms with Gasteiger partial charge in [0.15, 0.2) is 0 Å². The van der Waals surface area contributed by atoms with Gasteiger partial charge in [-0.25, -0.2) is 0 Å². The molecule has 0 radical (unpaired) electrons. The molecule has 1 fully saturated rings. The molecule has 2 nitrogen and oxygen atoms in total. The molecule has 3 atom stereocenters. The first-order chi connectivity index (χ1) is 9.74. The zero-order valence-corrected chi connectivity index (χ0v) is 15.7. The fraction of sp³-hybridized carbons (Fsp3) is 1.00. The lowest BCUT2D eigenvalue weighted by atomic mass is 9.67. The van der Waals surface area contributed by atoms with Crippen LogP contribution in [0, 0.1) is 23.2 Å². The molecule has 1 aliphatic carbocycles. The van der Waals surface area contributed by atoms with Crippen LogP contribution in [-0.4, -0.2) is 37.6 Å². The molecule has 3 unspecified atom stereocenters. The van der Waals surface area contributed by atoms with Crippen LogP contribution in [0.3, 0.4) is 0 Å². The summed E-state index contributed by atoms with van der Waals surface area (Å²) < 4.78 is 0. The normalized spacial score (nSPS) is 27.6. The van der Waals surface area contributed by atoms with Crippen molar-refractivity contribution in [3.8, 4) is 0 Å². The Morgan fingerprint density at radius 2 is 1.86 bits per heavy atom. The monoisotopic (exact) mass is 296 g/mol. The van der Waals surface area contributed by atoms with Crippen molar-refractivity contribution in [2.24, 2.45) is 23.2 Å². The van der Waals surface area contributed by atoms with Gasteiger partial charge in [0, 0.05) is 12.6 Å². The van der Waals surface area contributed by atoms with Crippen LogP contribution in [0.2, 0.25) is 0 Å². The third kappa shape index (κ3) is 6.69. The minimum Gasteiger partial charge on any atom is -0.314 e. The van der Waals surface area contributed by atoms with Crippen LogP contribution in [0.25, 0.3) is 0 Å². The summed E-state index contributed by atoms with van der Waals surface area (Å²) in [6.07, 6.45) is 5.47. The number of hydrogen-bond donors (Lipinski definition) is 1. The highest BCUT2D eigenvalue weighted by Gasteiger charge is 2.35. The Labute approximate surface area is 134 Å². The maximum absolute atomic E-state index is 3.75. The Morgan fingerprint density at radius 1 is 1.19 bits per heavy atom. The first-order valence-corrected chi connectivity index (χ1v) is 9.16. The molecule has 126 valence electrons. The SMILES string of the molecule is CCNC1CCC(C(C)(C)C)CC1CN(C)CCC(C)C. The van der Waals surface area contributed by atoms with Gasteiger partial charge in [-0.05, 0) is 69.0 Å². The zero-order chi connectivity index (χ0) is 16.0. The maximum Gasteiger partial charge on any atom is 0.0108 e. The van der Waals surface area contributed by atoms with E-state index in [0.717, 1.165) is 30.3 Å². The molecule has 1 aliphatic rings. The molecule has 0 heterocycles. The Balaban J connectivity index is 2.58. The molecule has 0 aromatic heterocycles. The first kappa shape index (κ1) is 19.0. The summed E-state index contributed by atoms with van der Waals surface area (Å²) in [7, 11) is 2.31. The van der Waals surface area contributed by atoms with E-state index in [9.17, 15) is 0 Å². The lowest BCUT2D eigenvalue weighted by Crippen LogP contribution is -2.47. The van der Waals surface area contributed by atoms with Gasteiger partial charge in [-0.2, -0.15) is 0 Å². The molecule has 0 bridgehead atoms. The van der Waals surface area contributed by atoms with Crippen LogP contribution < -0.4 is 5.32 Å². The minimum absolute atomic E-state index is 0.464. The molecule has 0 aliphatic heterocycles. The largest absolute Gasteiger partial charge is 0.314 e. The predicted molar refractivity (Wildman–Crippen MR) is 94.7 cm³/mol. The van der Waals surface area contributed by atoms with E-state index in [1.807, 2.05) is 0 Å². The second-order valence-electron chi connectivity index (χ2n) is 8.75. The predicted octanol–water partition coefficient (Wildman–Crippen LogP) is 4.40. The molecule has 1 N–H and O–H groups in total. The molecule has 1 saturated carbocycles. The van der Waals surface area contributed by atoms with E-state index in [-0.39, 0.29) is 0 Å². The van der Waals surface area contributed by atoms with Crippen molar-refractivity contribution in [1.82, 2.24) is 10.2 Å². The van der Waals surface area contributed by atoms with E-state index < -0.39 is 0 Å². The second-order valence-corrected chi connectivity index (χ2v) is 8.75. The Kier molecular flexibility index (Phi) is 7.70.